The van der Waals surface area contributed by atoms with Gasteiger partial charge in [-0.3, -0.25) is 9.69 Å². The summed E-state index contributed by atoms with van der Waals surface area (Å²) in [5.74, 6) is 1.54. The summed E-state index contributed by atoms with van der Waals surface area (Å²) in [7, 11) is 1.91. The number of carbonyl (C=O) groups excluding carboxylic acids is 1. The summed E-state index contributed by atoms with van der Waals surface area (Å²) in [6.07, 6.45) is 5.61. The minimum atomic E-state index is -0.962. The zero-order valence-corrected chi connectivity index (χ0v) is 23.7. The number of phenols is 1. The highest BCUT2D eigenvalue weighted by atomic mass is 16.5. The number of likely N-dealkylation sites (N-methyl/N-ethyl adjacent to an activating group) is 1. The Morgan fingerprint density at radius 3 is 2.72 bits per heavy atom. The fourth-order valence-electron chi connectivity index (χ4n) is 8.82. The van der Waals surface area contributed by atoms with Crippen LogP contribution in [0.15, 0.2) is 30.3 Å². The number of aliphatic hydroxyl groups is 1. The first-order chi connectivity index (χ1) is 18.6. The van der Waals surface area contributed by atoms with Crippen LogP contribution in [0, 0.1) is 25.7 Å². The Hall–Kier alpha value is -2.57. The summed E-state index contributed by atoms with van der Waals surface area (Å²) in [5.41, 5.74) is 4.32. The van der Waals surface area contributed by atoms with Crippen molar-refractivity contribution >= 4 is 5.91 Å². The monoisotopic (exact) mass is 530 g/mol. The van der Waals surface area contributed by atoms with E-state index in [-0.39, 0.29) is 35.8 Å². The van der Waals surface area contributed by atoms with Crippen LogP contribution in [0.5, 0.6) is 11.5 Å². The molecule has 2 N–H and O–H groups in total. The minimum absolute atomic E-state index is 0.00852. The molecular weight excluding hydrogens is 488 g/mol. The SMILES string of the molecule is Cc1ccc(CCC(=O)N(C)C2CC(C)[C@@]3(O)[C@H]4Cc5ccc(O)c6c5[C@@]3(CCN4CC3CC3)C2O6)cc1C. The minimum Gasteiger partial charge on any atom is -0.504 e. The van der Waals surface area contributed by atoms with Crippen LogP contribution in [0.3, 0.4) is 0 Å². The maximum absolute atomic E-state index is 13.6. The van der Waals surface area contributed by atoms with Gasteiger partial charge in [0.25, 0.3) is 0 Å². The summed E-state index contributed by atoms with van der Waals surface area (Å²) in [6.45, 7) is 8.38. The van der Waals surface area contributed by atoms with Crippen LogP contribution in [0.1, 0.15) is 66.8 Å². The van der Waals surface area contributed by atoms with E-state index in [1.54, 1.807) is 6.07 Å². The van der Waals surface area contributed by atoms with E-state index in [4.69, 9.17) is 4.74 Å². The Bertz CT molecular complexity index is 1340. The largest absolute Gasteiger partial charge is 0.504 e. The summed E-state index contributed by atoms with van der Waals surface area (Å²) < 4.78 is 6.70. The first kappa shape index (κ1) is 25.4. The number of hydrogen-bond donors (Lipinski definition) is 2. The van der Waals surface area contributed by atoms with Crippen molar-refractivity contribution < 1.29 is 19.7 Å². The lowest BCUT2D eigenvalue weighted by Gasteiger charge is -2.67. The lowest BCUT2D eigenvalue weighted by molar-refractivity contribution is -0.225. The number of ether oxygens (including phenoxy) is 1. The van der Waals surface area contributed by atoms with E-state index in [1.165, 1.54) is 35.1 Å². The second-order valence-electron chi connectivity index (χ2n) is 13.3. The number of piperidine rings is 1. The third-order valence-electron chi connectivity index (χ3n) is 11.2. The fraction of sp³-hybridized carbons (Fsp3) is 0.606. The van der Waals surface area contributed by atoms with Crippen LogP contribution in [-0.4, -0.2) is 69.8 Å². The van der Waals surface area contributed by atoms with Crippen LogP contribution < -0.4 is 4.74 Å². The molecule has 2 aromatic rings. The maximum Gasteiger partial charge on any atom is 0.223 e. The van der Waals surface area contributed by atoms with Crippen molar-refractivity contribution in [3.8, 4) is 11.5 Å². The van der Waals surface area contributed by atoms with Crippen molar-refractivity contribution in [2.75, 3.05) is 20.1 Å². The van der Waals surface area contributed by atoms with Crippen molar-refractivity contribution in [1.29, 1.82) is 0 Å². The maximum atomic E-state index is 13.6. The van der Waals surface area contributed by atoms with Gasteiger partial charge in [0, 0.05) is 31.6 Å². The van der Waals surface area contributed by atoms with Gasteiger partial charge < -0.3 is 19.8 Å². The Labute approximate surface area is 232 Å². The van der Waals surface area contributed by atoms with Crippen molar-refractivity contribution in [1.82, 2.24) is 9.80 Å². The molecule has 6 atom stereocenters. The van der Waals surface area contributed by atoms with E-state index in [2.05, 4.69) is 43.9 Å². The third kappa shape index (κ3) is 3.50. The van der Waals surface area contributed by atoms with Crippen molar-refractivity contribution in [3.63, 3.8) is 0 Å². The average Bonchev–Trinajstić information content (AvgIpc) is 3.66. The lowest BCUT2D eigenvalue weighted by Crippen LogP contribution is -2.80. The molecule has 7 rings (SSSR count). The second-order valence-corrected chi connectivity index (χ2v) is 13.3. The van der Waals surface area contributed by atoms with Gasteiger partial charge in [0.15, 0.2) is 11.5 Å². The molecule has 2 heterocycles. The molecule has 3 fully saturated rings. The molecule has 6 nitrogen and oxygen atoms in total. The summed E-state index contributed by atoms with van der Waals surface area (Å²) in [4.78, 5) is 18.1. The predicted molar refractivity (Wildman–Crippen MR) is 150 cm³/mol. The summed E-state index contributed by atoms with van der Waals surface area (Å²) in [5, 5.41) is 23.8. The third-order valence-corrected chi connectivity index (χ3v) is 11.2. The molecule has 39 heavy (non-hydrogen) atoms. The molecule has 1 saturated heterocycles. The van der Waals surface area contributed by atoms with Gasteiger partial charge in [0.2, 0.25) is 5.91 Å². The Morgan fingerprint density at radius 1 is 1.18 bits per heavy atom. The zero-order chi connectivity index (χ0) is 27.3. The molecule has 0 aromatic heterocycles. The molecule has 2 bridgehead atoms. The van der Waals surface area contributed by atoms with Crippen LogP contribution in [-0.2, 0) is 23.1 Å². The zero-order valence-electron chi connectivity index (χ0n) is 23.7. The molecule has 208 valence electrons. The molecule has 1 amide bonds. The Balaban J connectivity index is 1.23. The van der Waals surface area contributed by atoms with Gasteiger partial charge in [-0.25, -0.2) is 0 Å². The first-order valence-corrected chi connectivity index (χ1v) is 14.9. The van der Waals surface area contributed by atoms with Gasteiger partial charge in [-0.05, 0) is 99.1 Å². The number of likely N-dealkylation sites (tertiary alicyclic amines) is 1. The van der Waals surface area contributed by atoms with E-state index in [0.29, 0.717) is 25.0 Å². The van der Waals surface area contributed by atoms with E-state index >= 15 is 0 Å². The topological polar surface area (TPSA) is 73.2 Å². The molecular formula is C33H42N2O4. The average molecular weight is 531 g/mol. The van der Waals surface area contributed by atoms with Gasteiger partial charge in [0.05, 0.1) is 17.1 Å². The van der Waals surface area contributed by atoms with E-state index in [1.807, 2.05) is 18.0 Å². The van der Waals surface area contributed by atoms with Crippen molar-refractivity contribution in [2.45, 2.75) is 94.9 Å². The summed E-state index contributed by atoms with van der Waals surface area (Å²) in [6, 6.07) is 10.1. The van der Waals surface area contributed by atoms with Crippen molar-refractivity contribution in [2.24, 2.45) is 11.8 Å². The van der Waals surface area contributed by atoms with Crippen molar-refractivity contribution in [3.05, 3.63) is 58.1 Å². The standard InChI is InChI=1S/C33H42N2O4/c1-19-5-6-22(15-20(19)2)9-12-28(37)34(4)25-16-21(3)33(38)27-17-24-10-11-26(36)30-29(24)32(33,31(25)39-30)13-14-35(27)18-23-7-8-23/h5-6,10-11,15,21,23,25,27,31,36,38H,7-9,12-14,16-18H2,1-4H3/t21?,25?,27-,31?,32+,33-/m1/s1. The number of nitrogens with zero attached hydrogens (tertiary/aromatic N) is 2. The van der Waals surface area contributed by atoms with E-state index < -0.39 is 11.0 Å². The molecule has 2 aliphatic heterocycles. The molecule has 2 aromatic carbocycles. The van der Waals surface area contributed by atoms with Gasteiger partial charge >= 0.3 is 0 Å². The smallest absolute Gasteiger partial charge is 0.223 e. The molecule has 0 radical (unpaired) electrons. The number of aryl methyl sites for hydroxylation is 3. The highest BCUT2D eigenvalue weighted by Crippen LogP contribution is 2.67. The van der Waals surface area contributed by atoms with Gasteiger partial charge in [-0.15, -0.1) is 0 Å². The number of amides is 1. The lowest BCUT2D eigenvalue weighted by atomic mass is 9.45. The molecule has 1 spiro atoms. The molecule has 3 aliphatic carbocycles. The molecule has 2 saturated carbocycles. The van der Waals surface area contributed by atoms with Gasteiger partial charge in [-0.2, -0.15) is 0 Å². The second kappa shape index (κ2) is 8.71. The quantitative estimate of drug-likeness (QED) is 0.583. The predicted octanol–water partition coefficient (Wildman–Crippen LogP) is 4.28. The first-order valence-electron chi connectivity index (χ1n) is 14.9. The molecule has 3 unspecified atom stereocenters. The number of hydrogen-bond acceptors (Lipinski definition) is 5. The highest BCUT2D eigenvalue weighted by molar-refractivity contribution is 5.77. The van der Waals surface area contributed by atoms with E-state index in [0.717, 1.165) is 37.4 Å². The van der Waals surface area contributed by atoms with Crippen LogP contribution in [0.25, 0.3) is 0 Å². The number of carbonyl (C=O) groups is 1. The highest BCUT2D eigenvalue weighted by Gasteiger charge is 2.75. The normalized spacial score (nSPS) is 34.4. The number of aromatic hydroxyl groups is 1. The molecule has 6 heteroatoms. The fourth-order valence-corrected chi connectivity index (χ4v) is 8.82. The van der Waals surface area contributed by atoms with Gasteiger partial charge in [0.1, 0.15) is 6.10 Å². The van der Waals surface area contributed by atoms with Crippen LogP contribution >= 0.6 is 0 Å². The number of rotatable bonds is 6. The van der Waals surface area contributed by atoms with Crippen LogP contribution in [0.2, 0.25) is 0 Å². The Morgan fingerprint density at radius 2 is 1.97 bits per heavy atom. The van der Waals surface area contributed by atoms with Crippen LogP contribution in [0.4, 0.5) is 0 Å². The van der Waals surface area contributed by atoms with Gasteiger partial charge in [-0.1, -0.05) is 31.2 Å². The van der Waals surface area contributed by atoms with E-state index in [9.17, 15) is 15.0 Å². The number of phenolic OH excluding ortho intramolecular Hbond substituents is 1. The Kier molecular flexibility index (Phi) is 5.67. The summed E-state index contributed by atoms with van der Waals surface area (Å²) >= 11 is 0. The number of benzene rings is 2. The molecule has 5 aliphatic rings.